The summed E-state index contributed by atoms with van der Waals surface area (Å²) in [5, 5.41) is 20.8. The number of alkyl halides is 6. The first kappa shape index (κ1) is 30.2. The molecule has 1 unspecified atom stereocenters. The summed E-state index contributed by atoms with van der Waals surface area (Å²) >= 11 is 1.69. The van der Waals surface area contributed by atoms with Crippen molar-refractivity contribution in [3.05, 3.63) is 34.7 Å². The van der Waals surface area contributed by atoms with E-state index in [1.54, 1.807) is 11.3 Å². The van der Waals surface area contributed by atoms with Crippen LogP contribution < -0.4 is 5.32 Å². The molecule has 2 fully saturated rings. The Labute approximate surface area is 210 Å². The molecule has 4 rings (SSSR count). The number of carboxylic acid groups (broad SMARTS) is 2. The van der Waals surface area contributed by atoms with E-state index in [1.165, 1.54) is 12.8 Å². The maximum absolute atomic E-state index is 10.6. The van der Waals surface area contributed by atoms with E-state index in [0.717, 1.165) is 48.8 Å². The third-order valence-corrected chi connectivity index (χ3v) is 5.55. The summed E-state index contributed by atoms with van der Waals surface area (Å²) in [5.74, 6) is -2.93. The van der Waals surface area contributed by atoms with Gasteiger partial charge in [0.25, 0.3) is 0 Å². The summed E-state index contributed by atoms with van der Waals surface area (Å²) in [6.07, 6.45) is -3.80. The molecule has 0 aromatic carbocycles. The van der Waals surface area contributed by atoms with Crippen LogP contribution in [0.5, 0.6) is 0 Å². The maximum atomic E-state index is 10.6. The number of nitrogens with one attached hydrogen (secondary N) is 1. The van der Waals surface area contributed by atoms with Crippen molar-refractivity contribution in [3.63, 3.8) is 0 Å². The van der Waals surface area contributed by atoms with Crippen LogP contribution in [0.2, 0.25) is 0 Å². The van der Waals surface area contributed by atoms with Gasteiger partial charge in [-0.1, -0.05) is 0 Å². The number of aliphatic carboxylic acids is 2. The van der Waals surface area contributed by atoms with E-state index in [4.69, 9.17) is 29.5 Å². The van der Waals surface area contributed by atoms with Gasteiger partial charge in [-0.3, -0.25) is 4.90 Å². The van der Waals surface area contributed by atoms with Gasteiger partial charge < -0.3 is 20.3 Å². The topological polar surface area (TPSA) is 138 Å². The second kappa shape index (κ2) is 13.5. The molecule has 17 heteroatoms. The van der Waals surface area contributed by atoms with Crippen LogP contribution in [0.15, 0.2) is 23.8 Å². The molecule has 1 atom stereocenters. The lowest BCUT2D eigenvalue weighted by atomic mass is 10.2. The third kappa shape index (κ3) is 11.3. The Morgan fingerprint density at radius 1 is 1.08 bits per heavy atom. The lowest BCUT2D eigenvalue weighted by Gasteiger charge is -2.33. The number of nitrogens with zero attached hydrogens (tertiary/aromatic N) is 4. The molecule has 2 aromatic heterocycles. The van der Waals surface area contributed by atoms with Crippen LogP contribution in [0, 0.1) is 5.92 Å². The molecule has 0 spiro atoms. The van der Waals surface area contributed by atoms with E-state index in [2.05, 4.69) is 20.2 Å². The van der Waals surface area contributed by atoms with Gasteiger partial charge in [0.15, 0.2) is 0 Å². The first-order valence-corrected chi connectivity index (χ1v) is 11.5. The minimum atomic E-state index is -5.08. The average Bonchev–Trinajstić information content (AvgIpc) is 3.52. The van der Waals surface area contributed by atoms with Crippen molar-refractivity contribution in [1.29, 1.82) is 0 Å². The fourth-order valence-electron chi connectivity index (χ4n) is 2.77. The summed E-state index contributed by atoms with van der Waals surface area (Å²) in [5.41, 5.74) is 0. The molecule has 1 aliphatic carbocycles. The van der Waals surface area contributed by atoms with E-state index in [1.807, 2.05) is 23.8 Å². The van der Waals surface area contributed by atoms with Crippen molar-refractivity contribution in [1.82, 2.24) is 19.9 Å². The zero-order chi connectivity index (χ0) is 27.6. The lowest BCUT2D eigenvalue weighted by Crippen LogP contribution is -2.39. The largest absolute Gasteiger partial charge is 0.490 e. The van der Waals surface area contributed by atoms with Gasteiger partial charge in [0, 0.05) is 30.9 Å². The summed E-state index contributed by atoms with van der Waals surface area (Å²) in [6.45, 7) is 4.11. The molecule has 37 heavy (non-hydrogen) atoms. The molecule has 0 bridgehead atoms. The number of hydrogen-bond acceptors (Lipinski definition) is 9. The molecule has 206 valence electrons. The molecule has 1 saturated carbocycles. The Morgan fingerprint density at radius 3 is 2.22 bits per heavy atom. The highest BCUT2D eigenvalue weighted by Crippen LogP contribution is 2.29. The highest BCUT2D eigenvalue weighted by atomic mass is 32.1. The summed E-state index contributed by atoms with van der Waals surface area (Å²) < 4.78 is 69.1. The Balaban J connectivity index is 0.000000286. The lowest BCUT2D eigenvalue weighted by molar-refractivity contribution is -0.193. The number of hydrogen-bond donors (Lipinski definition) is 3. The second-order valence-corrected chi connectivity index (χ2v) is 8.70. The molecule has 0 radical (unpaired) electrons. The second-order valence-electron chi connectivity index (χ2n) is 7.72. The zero-order valence-corrected chi connectivity index (χ0v) is 19.8. The minimum Gasteiger partial charge on any atom is -0.475 e. The normalized spacial score (nSPS) is 18.1. The Hall–Kier alpha value is -3.05. The number of halogens is 6. The maximum Gasteiger partial charge on any atom is 0.490 e. The van der Waals surface area contributed by atoms with E-state index in [-0.39, 0.29) is 6.04 Å². The molecule has 2 aromatic rings. The Morgan fingerprint density at radius 2 is 1.70 bits per heavy atom. The number of morpholine rings is 1. The third-order valence-electron chi connectivity index (χ3n) is 4.79. The van der Waals surface area contributed by atoms with Gasteiger partial charge in [0.1, 0.15) is 16.6 Å². The number of aromatic nitrogens is 3. The van der Waals surface area contributed by atoms with Crippen LogP contribution in [0.3, 0.4) is 0 Å². The first-order chi connectivity index (χ1) is 17.3. The average molecular weight is 559 g/mol. The molecule has 3 heterocycles. The zero-order valence-electron chi connectivity index (χ0n) is 19.0. The number of thiazole rings is 1. The number of carboxylic acids is 2. The van der Waals surface area contributed by atoms with Crippen molar-refractivity contribution < 1.29 is 50.9 Å². The smallest absolute Gasteiger partial charge is 0.475 e. The summed E-state index contributed by atoms with van der Waals surface area (Å²) in [4.78, 5) is 33.8. The van der Waals surface area contributed by atoms with Crippen LogP contribution in [-0.4, -0.2) is 80.7 Å². The van der Waals surface area contributed by atoms with E-state index < -0.39 is 24.3 Å². The van der Waals surface area contributed by atoms with Gasteiger partial charge in [-0.15, -0.1) is 11.3 Å². The van der Waals surface area contributed by atoms with Crippen molar-refractivity contribution in [2.45, 2.75) is 37.8 Å². The molecule has 1 saturated heterocycles. The van der Waals surface area contributed by atoms with Gasteiger partial charge >= 0.3 is 24.3 Å². The van der Waals surface area contributed by atoms with Crippen molar-refractivity contribution in [2.24, 2.45) is 5.92 Å². The number of ether oxygens (including phenoxy) is 1. The van der Waals surface area contributed by atoms with Crippen LogP contribution in [0.25, 0.3) is 0 Å². The standard InChI is InChI=1S/C16H21N5OS.2C2HF3O2/c1-2-12(1)9-19-14-3-4-18-16(20-14)13-11-22-7-6-21(13)10-15-17-5-8-23-15;2*3-2(4,5)1(6)7/h3-5,8,12-13H,1-2,6-7,9-11H2,(H,18,19,20);2*(H,6,7). The molecule has 3 N–H and O–H groups in total. The first-order valence-electron chi connectivity index (χ1n) is 10.6. The molecule has 0 amide bonds. The van der Waals surface area contributed by atoms with Gasteiger partial charge in [0.05, 0.1) is 25.8 Å². The van der Waals surface area contributed by atoms with Gasteiger partial charge in [0.2, 0.25) is 0 Å². The summed E-state index contributed by atoms with van der Waals surface area (Å²) in [6, 6.07) is 2.04. The van der Waals surface area contributed by atoms with E-state index in [0.29, 0.717) is 6.61 Å². The molecule has 10 nitrogen and oxygen atoms in total. The monoisotopic (exact) mass is 559 g/mol. The van der Waals surface area contributed by atoms with Crippen molar-refractivity contribution in [3.8, 4) is 0 Å². The number of rotatable bonds is 6. The van der Waals surface area contributed by atoms with E-state index >= 15 is 0 Å². The molecular weight excluding hydrogens is 536 g/mol. The predicted octanol–water partition coefficient (Wildman–Crippen LogP) is 3.60. The minimum absolute atomic E-state index is 0.0929. The summed E-state index contributed by atoms with van der Waals surface area (Å²) in [7, 11) is 0. The van der Waals surface area contributed by atoms with Crippen LogP contribution in [-0.2, 0) is 20.9 Å². The van der Waals surface area contributed by atoms with Gasteiger partial charge in [-0.25, -0.2) is 24.5 Å². The molecule has 2 aliphatic rings. The Kier molecular flexibility index (Phi) is 11.0. The molecular formula is C20H23F6N5O5S. The number of anilines is 1. The highest BCUT2D eigenvalue weighted by Gasteiger charge is 2.39. The van der Waals surface area contributed by atoms with Crippen LogP contribution in [0.4, 0.5) is 32.2 Å². The van der Waals surface area contributed by atoms with E-state index in [9.17, 15) is 26.3 Å². The van der Waals surface area contributed by atoms with Crippen LogP contribution >= 0.6 is 11.3 Å². The number of carbonyl (C=O) groups is 2. The highest BCUT2D eigenvalue weighted by molar-refractivity contribution is 7.09. The van der Waals surface area contributed by atoms with Crippen molar-refractivity contribution >= 4 is 29.1 Å². The predicted molar refractivity (Wildman–Crippen MR) is 117 cm³/mol. The van der Waals surface area contributed by atoms with Crippen LogP contribution in [0.1, 0.15) is 29.7 Å². The Bertz CT molecular complexity index is 980. The van der Waals surface area contributed by atoms with Gasteiger partial charge in [-0.05, 0) is 24.8 Å². The van der Waals surface area contributed by atoms with Crippen molar-refractivity contribution in [2.75, 3.05) is 31.6 Å². The SMILES string of the molecule is O=C(O)C(F)(F)F.O=C(O)C(F)(F)F.c1cc(NCC2CC2)nc(C2COCCN2Cc2nccs2)n1. The molecule has 1 aliphatic heterocycles. The fraction of sp³-hybridized carbons (Fsp3) is 0.550. The fourth-order valence-corrected chi connectivity index (χ4v) is 3.41. The quantitative estimate of drug-likeness (QED) is 0.450. The van der Waals surface area contributed by atoms with Gasteiger partial charge in [-0.2, -0.15) is 26.3 Å².